The molecule has 3 aliphatic heterocycles. The zero-order chi connectivity index (χ0) is 57.2. The van der Waals surface area contributed by atoms with Gasteiger partial charge in [0.1, 0.15) is 11.6 Å². The molecule has 1 saturated carbocycles. The summed E-state index contributed by atoms with van der Waals surface area (Å²) in [6, 6.07) is 22.4. The smallest absolute Gasteiger partial charge is 0.271 e. The lowest BCUT2D eigenvalue weighted by molar-refractivity contribution is 0.0163. The monoisotopic (exact) mass is 1160 g/mol. The van der Waals surface area contributed by atoms with Gasteiger partial charge in [0.15, 0.2) is 10.2 Å². The summed E-state index contributed by atoms with van der Waals surface area (Å²) in [5, 5.41) is 7.91. The van der Waals surface area contributed by atoms with Gasteiger partial charge in [-0.2, -0.15) is 0 Å². The number of benzene rings is 2. The predicted octanol–water partition coefficient (Wildman–Crippen LogP) is 12.2. The van der Waals surface area contributed by atoms with Crippen molar-refractivity contribution in [1.82, 2.24) is 44.4 Å². The van der Waals surface area contributed by atoms with Crippen LogP contribution in [-0.4, -0.2) is 145 Å². The van der Waals surface area contributed by atoms with Crippen molar-refractivity contribution in [2.24, 2.45) is 5.92 Å². The lowest BCUT2D eigenvalue weighted by atomic mass is 10.00. The van der Waals surface area contributed by atoms with Gasteiger partial charge in [0, 0.05) is 152 Å². The highest BCUT2D eigenvalue weighted by molar-refractivity contribution is 7.80. The highest BCUT2D eigenvalue weighted by Gasteiger charge is 2.30. The third kappa shape index (κ3) is 19.3. The first-order chi connectivity index (χ1) is 37.3. The van der Waals surface area contributed by atoms with Crippen molar-refractivity contribution in [3.8, 4) is 0 Å². The molecule has 2 aromatic carbocycles. The molecule has 0 amide bonds. The summed E-state index contributed by atoms with van der Waals surface area (Å²) in [7, 11) is 0. The summed E-state index contributed by atoms with van der Waals surface area (Å²) in [6.45, 7) is 29.3. The van der Waals surface area contributed by atoms with Gasteiger partial charge in [0.25, 0.3) is 11.8 Å². The number of thiocarbonyl (C=S) groups is 3. The van der Waals surface area contributed by atoms with Crippen molar-refractivity contribution in [1.29, 1.82) is 0 Å². The van der Waals surface area contributed by atoms with Crippen molar-refractivity contribution in [2.75, 3.05) is 95.7 Å². The minimum absolute atomic E-state index is 0.111. The Balaban J connectivity index is 0.000000174. The number of anilines is 2. The molecule has 0 atom stereocenters. The number of pyridine rings is 3. The third-order valence-corrected chi connectivity index (χ3v) is 15.9. The Morgan fingerprint density at radius 3 is 1.41 bits per heavy atom. The first-order valence-electron chi connectivity index (χ1n) is 27.4. The molecule has 0 unspecified atom stereocenters. The third-order valence-electron chi connectivity index (χ3n) is 14.5. The number of halogens is 5. The molecular formula is C60H78ClF4N11S3. The minimum atomic E-state index is -2.94. The van der Waals surface area contributed by atoms with E-state index in [1.807, 2.05) is 58.0 Å². The Morgan fingerprint density at radius 1 is 0.532 bits per heavy atom. The van der Waals surface area contributed by atoms with E-state index >= 15 is 0 Å². The van der Waals surface area contributed by atoms with Gasteiger partial charge < -0.3 is 25.3 Å². The molecule has 6 heterocycles. The van der Waals surface area contributed by atoms with Crippen LogP contribution in [0.1, 0.15) is 94.0 Å². The molecule has 5 aromatic rings. The fraction of sp³-hybridized carbons (Fsp3) is 0.500. The van der Waals surface area contributed by atoms with Gasteiger partial charge in [-0.3, -0.25) is 19.7 Å². The van der Waals surface area contributed by atoms with Crippen LogP contribution < -0.4 is 10.6 Å². The molecule has 11 nitrogen and oxygen atoms in total. The van der Waals surface area contributed by atoms with Crippen LogP contribution in [0.15, 0.2) is 72.8 Å². The zero-order valence-corrected chi connectivity index (χ0v) is 50.6. The molecule has 4 aliphatic rings. The van der Waals surface area contributed by atoms with Crippen molar-refractivity contribution >= 4 is 75.1 Å². The average Bonchev–Trinajstić information content (AvgIpc) is 4.18. The molecule has 2 N–H and O–H groups in total. The number of aromatic nitrogens is 3. The van der Waals surface area contributed by atoms with Crippen molar-refractivity contribution < 1.29 is 17.6 Å². The maximum Gasteiger partial charge on any atom is 0.271 e. The van der Waals surface area contributed by atoms with Gasteiger partial charge >= 0.3 is 0 Å². The normalized spacial score (nSPS) is 16.6. The van der Waals surface area contributed by atoms with E-state index in [-0.39, 0.29) is 16.1 Å². The highest BCUT2D eigenvalue weighted by Crippen LogP contribution is 2.34. The Labute approximate surface area is 487 Å². The number of nitrogens with one attached hydrogen (secondary N) is 2. The number of piperazine rings is 3. The number of nitrogens with zero attached hydrogens (tertiary/aromatic N) is 9. The van der Waals surface area contributed by atoms with Crippen LogP contribution in [0.25, 0.3) is 0 Å². The molecule has 1 aliphatic carbocycles. The second-order valence-corrected chi connectivity index (χ2v) is 23.7. The highest BCUT2D eigenvalue weighted by atomic mass is 35.5. The number of hydrogen-bond donors (Lipinski definition) is 2. The van der Waals surface area contributed by atoms with Gasteiger partial charge in [-0.15, -0.1) is 0 Å². The molecule has 79 heavy (non-hydrogen) atoms. The van der Waals surface area contributed by atoms with Crippen LogP contribution in [0, 0.1) is 54.4 Å². The Bertz CT molecular complexity index is 2850. The molecule has 4 fully saturated rings. The lowest BCUT2D eigenvalue weighted by Gasteiger charge is -2.36. The summed E-state index contributed by atoms with van der Waals surface area (Å²) in [5.74, 6) is -3.24. The molecule has 426 valence electrons. The van der Waals surface area contributed by atoms with Crippen molar-refractivity contribution in [3.05, 3.63) is 145 Å². The van der Waals surface area contributed by atoms with Crippen molar-refractivity contribution in [3.63, 3.8) is 0 Å². The van der Waals surface area contributed by atoms with E-state index in [4.69, 9.17) is 48.3 Å². The Kier molecular flexibility index (Phi) is 21.6. The van der Waals surface area contributed by atoms with Crippen LogP contribution in [-0.2, 0) is 31.4 Å². The number of hydrogen-bond acceptors (Lipinski definition) is 9. The van der Waals surface area contributed by atoms with Gasteiger partial charge in [-0.05, 0) is 174 Å². The molecule has 19 heteroatoms. The quantitative estimate of drug-likeness (QED) is 0.0919. The van der Waals surface area contributed by atoms with Crippen molar-refractivity contribution in [2.45, 2.75) is 107 Å². The maximum absolute atomic E-state index is 13.8. The predicted molar refractivity (Wildman–Crippen MR) is 326 cm³/mol. The van der Waals surface area contributed by atoms with E-state index < -0.39 is 11.8 Å². The number of rotatable bonds is 12. The molecule has 0 radical (unpaired) electrons. The van der Waals surface area contributed by atoms with Crippen LogP contribution >= 0.6 is 48.3 Å². The largest absolute Gasteiger partial charge is 0.363 e. The maximum atomic E-state index is 13.8. The average molecular weight is 1160 g/mol. The van der Waals surface area contributed by atoms with E-state index in [2.05, 4.69) is 81.0 Å². The molecule has 0 spiro atoms. The van der Waals surface area contributed by atoms with E-state index in [9.17, 15) is 17.6 Å². The number of alkyl halides is 4. The van der Waals surface area contributed by atoms with Gasteiger partial charge in [0.05, 0.1) is 10.0 Å². The van der Waals surface area contributed by atoms with E-state index in [1.165, 1.54) is 31.0 Å². The summed E-state index contributed by atoms with van der Waals surface area (Å²) < 4.78 is 54.6. The van der Waals surface area contributed by atoms with E-state index in [0.717, 1.165) is 166 Å². The van der Waals surface area contributed by atoms with E-state index in [0.29, 0.717) is 28.9 Å². The topological polar surface area (TPSA) is 82.2 Å². The molecule has 3 saturated heterocycles. The Morgan fingerprint density at radius 2 is 0.962 bits per heavy atom. The standard InChI is InChI=1S/C22H28F2N4S.C21H25ClF2N4S.C17H25N3S/c1-15-11-17(3)25-20(12-15)26-21(29)28-9-7-27(8-10-28)14-18-6-5-16(2)19(13-18)22(4,23)24;1-14-10-15(2)25-19(11-14)26-20(29)28-8-6-27(7-9-28)13-16-4-5-17(18(22)12-16)21(3,23)24;1-13-9-14(2)18-16(10-13)11-17(21)20-7-5-19(6-8-20)12-15-3-4-15/h5-6,11-13H,7-10,14H2,1-4H3,(H,25,26,29);4-5,10-12H,6-9,13H2,1-3H3,(H,25,26,29);9-10,15H,3-8,11-12H2,1-2H3. The summed E-state index contributed by atoms with van der Waals surface area (Å²) in [6.07, 6.45) is 3.69. The minimum Gasteiger partial charge on any atom is -0.363 e. The SMILES string of the molecule is Cc1cc(C)nc(CC(=S)N2CCN(CC3CC3)CC2)c1.Cc1cc(C)nc(NC(=S)N2CCN(Cc3ccc(C(C)(F)F)c(Cl)c3)CC2)c1.Cc1cc(C)nc(NC(=S)N2CCN(Cc3ccc(C)c(C(C)(F)F)c3)CC2)c1. The molecule has 3 aromatic heterocycles. The van der Waals surface area contributed by atoms with Gasteiger partial charge in [-0.25, -0.2) is 27.5 Å². The second kappa shape index (κ2) is 27.7. The molecule has 0 bridgehead atoms. The number of aryl methyl sites for hydroxylation is 7. The van der Waals surface area contributed by atoms with Crippen LogP contribution in [0.4, 0.5) is 29.2 Å². The lowest BCUT2D eigenvalue weighted by Crippen LogP contribution is -2.49. The van der Waals surface area contributed by atoms with Crippen LogP contribution in [0.3, 0.4) is 0 Å². The van der Waals surface area contributed by atoms with Gasteiger partial charge in [-0.1, -0.05) is 48.1 Å². The first kappa shape index (κ1) is 61.7. The summed E-state index contributed by atoms with van der Waals surface area (Å²) in [4.78, 5) is 28.4. The molecule has 9 rings (SSSR count). The zero-order valence-electron chi connectivity index (χ0n) is 47.4. The summed E-state index contributed by atoms with van der Waals surface area (Å²) in [5.41, 5.74) is 10.1. The molecular weight excluding hydrogens is 1080 g/mol. The van der Waals surface area contributed by atoms with E-state index in [1.54, 1.807) is 31.2 Å². The first-order valence-corrected chi connectivity index (χ1v) is 29.0. The van der Waals surface area contributed by atoms with Crippen LogP contribution in [0.5, 0.6) is 0 Å². The summed E-state index contributed by atoms with van der Waals surface area (Å²) >= 11 is 22.8. The van der Waals surface area contributed by atoms with Crippen LogP contribution in [0.2, 0.25) is 5.02 Å². The van der Waals surface area contributed by atoms with Gasteiger partial charge in [0.2, 0.25) is 0 Å². The fourth-order valence-corrected chi connectivity index (χ4v) is 11.6. The fourth-order valence-electron chi connectivity index (χ4n) is 10.3. The Hall–Kier alpha value is -4.95. The second-order valence-electron chi connectivity index (χ2n) is 22.0.